The van der Waals surface area contributed by atoms with E-state index >= 15 is 0 Å². The van der Waals surface area contributed by atoms with E-state index in [1.54, 1.807) is 13.0 Å². The van der Waals surface area contributed by atoms with Crippen molar-refractivity contribution in [1.29, 1.82) is 0 Å². The van der Waals surface area contributed by atoms with Crippen LogP contribution in [0.4, 0.5) is 13.2 Å². The molecule has 0 unspecified atom stereocenters. The smallest absolute Gasteiger partial charge is 0.308 e. The molecule has 0 amide bonds. The highest BCUT2D eigenvalue weighted by atomic mass is 19.4. The topological polar surface area (TPSA) is 34.9 Å². The van der Waals surface area contributed by atoms with Gasteiger partial charge in [-0.15, -0.1) is 0 Å². The zero-order valence-electron chi connectivity index (χ0n) is 10.0. The number of nitrogens with zero attached hydrogens (tertiary/aromatic N) is 2. The number of alkyl halides is 3. The van der Waals surface area contributed by atoms with Gasteiger partial charge in [0.25, 0.3) is 5.56 Å². The summed E-state index contributed by atoms with van der Waals surface area (Å²) in [6, 6.07) is 7.92. The number of hydrogen-bond donors (Lipinski definition) is 0. The normalized spacial score (nSPS) is 11.6. The number of halogens is 3. The Morgan fingerprint density at radius 3 is 2.74 bits per heavy atom. The maximum absolute atomic E-state index is 12.5. The molecule has 0 aromatic carbocycles. The van der Waals surface area contributed by atoms with Gasteiger partial charge in [-0.25, -0.2) is 0 Å². The van der Waals surface area contributed by atoms with Crippen LogP contribution in [0.3, 0.4) is 0 Å². The highest BCUT2D eigenvalue weighted by Gasteiger charge is 2.32. The van der Waals surface area contributed by atoms with Crippen molar-refractivity contribution in [3.8, 4) is 0 Å². The lowest BCUT2D eigenvalue weighted by atomic mass is 10.2. The van der Waals surface area contributed by atoms with Crippen LogP contribution in [0.5, 0.6) is 0 Å². The Balaban J connectivity index is 2.37. The summed E-state index contributed by atoms with van der Waals surface area (Å²) < 4.78 is 39.0. The van der Waals surface area contributed by atoms with E-state index in [0.29, 0.717) is 11.3 Å². The van der Waals surface area contributed by atoms with Crippen LogP contribution in [0.2, 0.25) is 0 Å². The molecule has 0 N–H and O–H groups in total. The molecule has 19 heavy (non-hydrogen) atoms. The van der Waals surface area contributed by atoms with E-state index in [2.05, 4.69) is 11.1 Å². The van der Waals surface area contributed by atoms with Gasteiger partial charge in [-0.3, -0.25) is 9.78 Å². The second-order valence-corrected chi connectivity index (χ2v) is 4.07. The van der Waals surface area contributed by atoms with Crippen molar-refractivity contribution >= 4 is 0 Å². The summed E-state index contributed by atoms with van der Waals surface area (Å²) in [5.74, 6) is 0. The number of aryl methyl sites for hydroxylation is 1. The van der Waals surface area contributed by atoms with E-state index in [4.69, 9.17) is 0 Å². The van der Waals surface area contributed by atoms with Crippen LogP contribution >= 0.6 is 0 Å². The highest BCUT2D eigenvalue weighted by molar-refractivity contribution is 5.19. The minimum Gasteiger partial charge on any atom is -0.308 e. The molecule has 1 radical (unpaired) electrons. The van der Waals surface area contributed by atoms with Gasteiger partial charge in [-0.2, -0.15) is 13.2 Å². The molecule has 0 saturated carbocycles. The molecule has 3 nitrogen and oxygen atoms in total. The van der Waals surface area contributed by atoms with Crippen LogP contribution in [-0.2, 0) is 12.7 Å². The Labute approximate surface area is 107 Å². The van der Waals surface area contributed by atoms with Gasteiger partial charge in [-0.1, -0.05) is 0 Å². The van der Waals surface area contributed by atoms with Crippen molar-refractivity contribution in [2.24, 2.45) is 0 Å². The largest absolute Gasteiger partial charge is 0.433 e. The van der Waals surface area contributed by atoms with Crippen LogP contribution in [0, 0.1) is 13.0 Å². The summed E-state index contributed by atoms with van der Waals surface area (Å²) in [5.41, 5.74) is -0.250. The third-order valence-electron chi connectivity index (χ3n) is 2.65. The van der Waals surface area contributed by atoms with Crippen molar-refractivity contribution in [3.63, 3.8) is 0 Å². The SMILES string of the molecule is Cc1c[c]cc(=O)n1Cc1ccnc(C(F)(F)F)c1. The average molecular weight is 267 g/mol. The summed E-state index contributed by atoms with van der Waals surface area (Å²) >= 11 is 0. The van der Waals surface area contributed by atoms with E-state index in [0.717, 1.165) is 12.3 Å². The Kier molecular flexibility index (Phi) is 3.42. The zero-order valence-corrected chi connectivity index (χ0v) is 10.0. The standard InChI is InChI=1S/C13H10F3N2O/c1-9-3-2-4-12(19)18(9)8-10-5-6-17-11(7-10)13(14,15)16/h3-7H,8H2,1H3. The average Bonchev–Trinajstić information content (AvgIpc) is 2.33. The summed E-state index contributed by atoms with van der Waals surface area (Å²) in [6.07, 6.45) is -3.39. The lowest BCUT2D eigenvalue weighted by molar-refractivity contribution is -0.141. The molecule has 99 valence electrons. The fourth-order valence-electron chi connectivity index (χ4n) is 1.68. The van der Waals surface area contributed by atoms with Crippen molar-refractivity contribution in [2.75, 3.05) is 0 Å². The number of pyridine rings is 2. The van der Waals surface area contributed by atoms with Crippen molar-refractivity contribution in [1.82, 2.24) is 9.55 Å². The second-order valence-electron chi connectivity index (χ2n) is 4.07. The molecule has 0 saturated heterocycles. The third kappa shape index (κ3) is 3.01. The van der Waals surface area contributed by atoms with E-state index in [1.165, 1.54) is 16.7 Å². The molecule has 2 aromatic heterocycles. The second kappa shape index (κ2) is 4.87. The van der Waals surface area contributed by atoms with E-state index in [9.17, 15) is 18.0 Å². The van der Waals surface area contributed by atoms with Crippen molar-refractivity contribution in [2.45, 2.75) is 19.6 Å². The Morgan fingerprint density at radius 2 is 2.11 bits per heavy atom. The van der Waals surface area contributed by atoms with Crippen LogP contribution < -0.4 is 5.56 Å². The number of rotatable bonds is 2. The molecule has 2 rings (SSSR count). The summed E-state index contributed by atoms with van der Waals surface area (Å²) in [6.45, 7) is 1.77. The monoisotopic (exact) mass is 267 g/mol. The minimum atomic E-state index is -4.49. The van der Waals surface area contributed by atoms with Gasteiger partial charge in [0.1, 0.15) is 5.69 Å². The molecular formula is C13H10F3N2O. The molecule has 0 bridgehead atoms. The summed E-state index contributed by atoms with van der Waals surface area (Å²) in [7, 11) is 0. The quantitative estimate of drug-likeness (QED) is 0.837. The van der Waals surface area contributed by atoms with Gasteiger partial charge in [0.05, 0.1) is 6.54 Å². The lowest BCUT2D eigenvalue weighted by Crippen LogP contribution is -2.22. The van der Waals surface area contributed by atoms with E-state index in [-0.39, 0.29) is 12.1 Å². The predicted octanol–water partition coefficient (Wildman–Crippen LogP) is 2.42. The van der Waals surface area contributed by atoms with Gasteiger partial charge < -0.3 is 4.57 Å². The molecule has 0 aliphatic carbocycles. The fourth-order valence-corrected chi connectivity index (χ4v) is 1.68. The van der Waals surface area contributed by atoms with Gasteiger partial charge in [0.2, 0.25) is 0 Å². The number of hydrogen-bond acceptors (Lipinski definition) is 2. The first kappa shape index (κ1) is 13.3. The Hall–Kier alpha value is -2.11. The summed E-state index contributed by atoms with van der Waals surface area (Å²) in [4.78, 5) is 14.9. The zero-order chi connectivity index (χ0) is 14.0. The molecule has 0 spiro atoms. The molecule has 0 fully saturated rings. The van der Waals surface area contributed by atoms with Crippen LogP contribution in [-0.4, -0.2) is 9.55 Å². The summed E-state index contributed by atoms with van der Waals surface area (Å²) in [5, 5.41) is 0. The number of aromatic nitrogens is 2. The first-order valence-electron chi connectivity index (χ1n) is 5.47. The third-order valence-corrected chi connectivity index (χ3v) is 2.65. The minimum absolute atomic E-state index is 0.0744. The molecule has 6 heteroatoms. The van der Waals surface area contributed by atoms with Crippen molar-refractivity contribution in [3.05, 3.63) is 63.8 Å². The highest BCUT2D eigenvalue weighted by Crippen LogP contribution is 2.27. The Bertz CT molecular complexity index is 647. The predicted molar refractivity (Wildman–Crippen MR) is 62.6 cm³/mol. The van der Waals surface area contributed by atoms with Gasteiger partial charge >= 0.3 is 6.18 Å². The van der Waals surface area contributed by atoms with E-state index < -0.39 is 11.9 Å². The van der Waals surface area contributed by atoms with Gasteiger partial charge in [0.15, 0.2) is 0 Å². The van der Waals surface area contributed by atoms with Crippen molar-refractivity contribution < 1.29 is 13.2 Å². The van der Waals surface area contributed by atoms with Crippen LogP contribution in [0.25, 0.3) is 0 Å². The molecule has 0 atom stereocenters. The molecule has 2 heterocycles. The molecular weight excluding hydrogens is 257 g/mol. The molecule has 2 aromatic rings. The van der Waals surface area contributed by atoms with Crippen LogP contribution in [0.15, 0.2) is 35.3 Å². The molecule has 0 aliphatic heterocycles. The Morgan fingerprint density at radius 1 is 1.37 bits per heavy atom. The maximum atomic E-state index is 12.5. The van der Waals surface area contributed by atoms with Crippen LogP contribution in [0.1, 0.15) is 17.0 Å². The van der Waals surface area contributed by atoms with Gasteiger partial charge in [-0.05, 0) is 36.8 Å². The fraction of sp³-hybridized carbons (Fsp3) is 0.231. The van der Waals surface area contributed by atoms with Gasteiger partial charge in [0, 0.05) is 18.0 Å². The first-order valence-corrected chi connectivity index (χ1v) is 5.47. The maximum Gasteiger partial charge on any atom is 0.433 e. The molecule has 0 aliphatic rings. The van der Waals surface area contributed by atoms with E-state index in [1.807, 2.05) is 0 Å². The lowest BCUT2D eigenvalue weighted by Gasteiger charge is -2.11. The first-order chi connectivity index (χ1) is 8.88.